The summed E-state index contributed by atoms with van der Waals surface area (Å²) in [5.41, 5.74) is 4.06. The molecule has 8 nitrogen and oxygen atoms in total. The van der Waals surface area contributed by atoms with Crippen molar-refractivity contribution < 1.29 is 9.59 Å². The van der Waals surface area contributed by atoms with Crippen molar-refractivity contribution in [1.29, 1.82) is 0 Å². The Morgan fingerprint density at radius 2 is 1.77 bits per heavy atom. The minimum Gasteiger partial charge on any atom is -0.337 e. The predicted octanol–water partition coefficient (Wildman–Crippen LogP) is 3.26. The maximum atomic E-state index is 13.4. The van der Waals surface area contributed by atoms with Crippen LogP contribution in [0.25, 0.3) is 0 Å². The van der Waals surface area contributed by atoms with Crippen molar-refractivity contribution in [2.75, 3.05) is 31.1 Å². The van der Waals surface area contributed by atoms with Gasteiger partial charge < -0.3 is 9.80 Å². The van der Waals surface area contributed by atoms with E-state index in [4.69, 9.17) is 0 Å². The highest BCUT2D eigenvalue weighted by atomic mass is 16.2. The quantitative estimate of drug-likeness (QED) is 0.580. The van der Waals surface area contributed by atoms with Crippen molar-refractivity contribution in [3.8, 4) is 0 Å². The second-order valence-electron chi connectivity index (χ2n) is 9.17. The zero-order valence-electron chi connectivity index (χ0n) is 20.6. The van der Waals surface area contributed by atoms with Crippen LogP contribution in [0.15, 0.2) is 61.2 Å². The van der Waals surface area contributed by atoms with E-state index < -0.39 is 0 Å². The Labute approximate surface area is 207 Å². The van der Waals surface area contributed by atoms with Gasteiger partial charge in [-0.15, -0.1) is 0 Å². The Hall–Kier alpha value is -3.52. The summed E-state index contributed by atoms with van der Waals surface area (Å²) < 4.78 is 1.69. The lowest BCUT2D eigenvalue weighted by Gasteiger charge is -2.31. The number of amides is 2. The van der Waals surface area contributed by atoms with Gasteiger partial charge >= 0.3 is 0 Å². The number of anilines is 1. The maximum Gasteiger partial charge on any atom is 0.244 e. The molecule has 0 aliphatic carbocycles. The molecule has 0 fully saturated rings. The molecule has 0 atom stereocenters. The molecular weight excluding hydrogens is 440 g/mol. The summed E-state index contributed by atoms with van der Waals surface area (Å²) in [7, 11) is 0. The number of fused-ring (bicyclic) bond motifs is 1. The third-order valence-electron chi connectivity index (χ3n) is 6.32. The normalized spacial score (nSPS) is 15.7. The average Bonchev–Trinajstić information content (AvgIpc) is 3.25. The number of pyridine rings is 1. The Morgan fingerprint density at radius 1 is 0.971 bits per heavy atom. The lowest BCUT2D eigenvalue weighted by atomic mass is 10.1. The molecule has 0 spiro atoms. The van der Waals surface area contributed by atoms with Crippen molar-refractivity contribution >= 4 is 17.5 Å². The van der Waals surface area contributed by atoms with Crippen LogP contribution in [0.5, 0.6) is 0 Å². The third kappa shape index (κ3) is 6.76. The Morgan fingerprint density at radius 3 is 2.49 bits per heavy atom. The fourth-order valence-corrected chi connectivity index (χ4v) is 4.60. The number of hydrogen-bond donors (Lipinski definition) is 0. The molecule has 8 heteroatoms. The van der Waals surface area contributed by atoms with E-state index in [-0.39, 0.29) is 18.4 Å². The van der Waals surface area contributed by atoms with E-state index in [1.807, 2.05) is 59.4 Å². The number of aryl methyl sites for hydroxylation is 1. The van der Waals surface area contributed by atoms with Crippen LogP contribution in [0.1, 0.15) is 36.5 Å². The van der Waals surface area contributed by atoms with Crippen molar-refractivity contribution in [2.45, 2.75) is 46.3 Å². The van der Waals surface area contributed by atoms with Crippen molar-refractivity contribution in [1.82, 2.24) is 24.6 Å². The zero-order valence-corrected chi connectivity index (χ0v) is 20.6. The van der Waals surface area contributed by atoms with Crippen LogP contribution < -0.4 is 4.90 Å². The van der Waals surface area contributed by atoms with Gasteiger partial charge in [-0.3, -0.25) is 24.2 Å². The largest absolute Gasteiger partial charge is 0.337 e. The molecule has 1 aromatic carbocycles. The lowest BCUT2D eigenvalue weighted by Crippen LogP contribution is -2.39. The molecule has 0 saturated heterocycles. The number of carbonyl (C=O) groups is 2. The summed E-state index contributed by atoms with van der Waals surface area (Å²) in [4.78, 5) is 36.4. The van der Waals surface area contributed by atoms with E-state index >= 15 is 0 Å². The number of nitrogens with zero attached hydrogens (tertiary/aromatic N) is 6. The first-order valence-electron chi connectivity index (χ1n) is 12.2. The van der Waals surface area contributed by atoms with E-state index in [2.05, 4.69) is 21.0 Å². The molecular formula is C27H34N6O2. The molecule has 0 saturated carbocycles. The molecule has 1 aliphatic rings. The molecule has 3 aromatic rings. The van der Waals surface area contributed by atoms with Crippen molar-refractivity contribution in [3.05, 3.63) is 77.9 Å². The summed E-state index contributed by atoms with van der Waals surface area (Å²) in [6, 6.07) is 12.0. The molecule has 2 aromatic heterocycles. The van der Waals surface area contributed by atoms with Gasteiger partial charge in [0.15, 0.2) is 0 Å². The van der Waals surface area contributed by atoms with Gasteiger partial charge in [0, 0.05) is 70.5 Å². The fourth-order valence-electron chi connectivity index (χ4n) is 4.60. The first kappa shape index (κ1) is 24.6. The van der Waals surface area contributed by atoms with Gasteiger partial charge in [0.25, 0.3) is 0 Å². The van der Waals surface area contributed by atoms with Gasteiger partial charge in [0.05, 0.1) is 6.20 Å². The number of aromatic nitrogens is 3. The van der Waals surface area contributed by atoms with Crippen molar-refractivity contribution in [2.24, 2.45) is 0 Å². The van der Waals surface area contributed by atoms with E-state index in [0.717, 1.165) is 54.9 Å². The van der Waals surface area contributed by atoms with E-state index in [9.17, 15) is 9.59 Å². The van der Waals surface area contributed by atoms with Gasteiger partial charge in [0.2, 0.25) is 11.8 Å². The van der Waals surface area contributed by atoms with Gasteiger partial charge in [-0.1, -0.05) is 24.3 Å². The average molecular weight is 475 g/mol. The topological polar surface area (TPSA) is 74.6 Å². The molecule has 0 radical (unpaired) electrons. The molecule has 0 unspecified atom stereocenters. The van der Waals surface area contributed by atoms with Gasteiger partial charge in [0.1, 0.15) is 6.54 Å². The molecule has 4 rings (SSSR count). The number of rotatable bonds is 4. The number of para-hydroxylation sites is 1. The third-order valence-corrected chi connectivity index (χ3v) is 6.32. The first-order valence-corrected chi connectivity index (χ1v) is 12.2. The number of benzene rings is 1. The minimum absolute atomic E-state index is 0.0122. The van der Waals surface area contributed by atoms with Crippen LogP contribution in [-0.4, -0.2) is 62.6 Å². The van der Waals surface area contributed by atoms with E-state index in [0.29, 0.717) is 19.6 Å². The summed E-state index contributed by atoms with van der Waals surface area (Å²) in [6.07, 6.45) is 9.07. The molecule has 2 amide bonds. The summed E-state index contributed by atoms with van der Waals surface area (Å²) in [5, 5.41) is 4.29. The second-order valence-corrected chi connectivity index (χ2v) is 9.17. The van der Waals surface area contributed by atoms with Gasteiger partial charge in [-0.05, 0) is 48.6 Å². The highest BCUT2D eigenvalue weighted by Crippen LogP contribution is 2.24. The molecule has 1 aliphatic heterocycles. The molecule has 35 heavy (non-hydrogen) atoms. The van der Waals surface area contributed by atoms with Crippen molar-refractivity contribution in [3.63, 3.8) is 0 Å². The monoisotopic (exact) mass is 474 g/mol. The Kier molecular flexibility index (Phi) is 8.26. The number of carbonyl (C=O) groups excluding carboxylic acids is 2. The number of hydrogen-bond acceptors (Lipinski definition) is 5. The van der Waals surface area contributed by atoms with Gasteiger partial charge in [-0.25, -0.2) is 0 Å². The second kappa shape index (κ2) is 11.8. The lowest BCUT2D eigenvalue weighted by molar-refractivity contribution is -0.132. The fraction of sp³-hybridized carbons (Fsp3) is 0.407. The van der Waals surface area contributed by atoms with Crippen LogP contribution in [0, 0.1) is 6.92 Å². The summed E-state index contributed by atoms with van der Waals surface area (Å²) in [5.74, 6) is 0.0337. The van der Waals surface area contributed by atoms with Crippen LogP contribution in [0.2, 0.25) is 0 Å². The van der Waals surface area contributed by atoms with Crippen LogP contribution in [0.3, 0.4) is 0 Å². The standard InChI is InChI=1S/C27H34N6O2/c1-22-16-29-32(18-22)21-27(35)31-14-6-12-30(19-24-8-5-11-28-17-24)13-7-15-33(23(2)34)26-10-4-3-9-25(26)20-31/h3-5,8-11,16-18H,6-7,12-15,19-21H2,1-2H3. The minimum atomic E-state index is 0.0122. The predicted molar refractivity (Wildman–Crippen MR) is 136 cm³/mol. The van der Waals surface area contributed by atoms with E-state index in [1.165, 1.54) is 0 Å². The van der Waals surface area contributed by atoms with Crippen LogP contribution in [-0.2, 0) is 29.2 Å². The highest BCUT2D eigenvalue weighted by Gasteiger charge is 2.21. The first-order chi connectivity index (χ1) is 17.0. The van der Waals surface area contributed by atoms with Gasteiger partial charge in [-0.2, -0.15) is 5.10 Å². The van der Waals surface area contributed by atoms with E-state index in [1.54, 1.807) is 24.0 Å². The van der Waals surface area contributed by atoms with Crippen LogP contribution >= 0.6 is 0 Å². The molecule has 0 N–H and O–H groups in total. The smallest absolute Gasteiger partial charge is 0.244 e. The highest BCUT2D eigenvalue weighted by molar-refractivity contribution is 5.92. The van der Waals surface area contributed by atoms with Crippen LogP contribution in [0.4, 0.5) is 5.69 Å². The molecule has 3 heterocycles. The maximum absolute atomic E-state index is 13.4. The summed E-state index contributed by atoms with van der Waals surface area (Å²) >= 11 is 0. The Balaban J connectivity index is 1.58. The Bertz CT molecular complexity index is 1130. The molecule has 184 valence electrons. The summed E-state index contributed by atoms with van der Waals surface area (Å²) in [6.45, 7) is 8.03. The zero-order chi connectivity index (χ0) is 24.6. The molecule has 0 bridgehead atoms. The SMILES string of the molecule is CC(=O)N1CCCN(Cc2cccnc2)CCCN(C(=O)Cn2cc(C)cn2)Cc2ccccc21.